The van der Waals surface area contributed by atoms with Crippen LogP contribution in [0.3, 0.4) is 0 Å². The van der Waals surface area contributed by atoms with Crippen molar-refractivity contribution in [2.24, 2.45) is 0 Å². The Labute approximate surface area is 99.5 Å². The molecule has 0 aliphatic carbocycles. The Kier molecular flexibility index (Phi) is 1080. The van der Waals surface area contributed by atoms with Gasteiger partial charge in [0.05, 0.1) is 0 Å². The van der Waals surface area contributed by atoms with Gasteiger partial charge in [0.1, 0.15) is 0 Å². The van der Waals surface area contributed by atoms with Crippen molar-refractivity contribution in [2.45, 2.75) is 0 Å². The molecule has 0 aliphatic heterocycles. The van der Waals surface area contributed by atoms with Crippen LogP contribution in [0.5, 0.6) is 0 Å². The second-order valence-electron chi connectivity index (χ2n) is 0. The predicted molar refractivity (Wildman–Crippen MR) is 5.75 cm³/mol. The maximum atomic E-state index is 0. The summed E-state index contributed by atoms with van der Waals surface area (Å²) in [6.07, 6.45) is 0. The van der Waals surface area contributed by atoms with Crippen molar-refractivity contribution in [1.82, 2.24) is 0 Å². The molecule has 0 aromatic heterocycles. The van der Waals surface area contributed by atoms with Gasteiger partial charge in [-0.3, -0.25) is 0 Å². The molecule has 0 bridgehead atoms. The fourth-order valence-corrected chi connectivity index (χ4v) is 0. The summed E-state index contributed by atoms with van der Waals surface area (Å²) >= 11 is 0. The van der Waals surface area contributed by atoms with Crippen LogP contribution >= 0.6 is 0 Å². The SMILES string of the molecule is [Bi+3].[Cl-].[Cl-].[Cl-].[Cl-].[Cl-].[Cl-]. The normalized spacial score (nSPS) is 0. The van der Waals surface area contributed by atoms with Crippen LogP contribution in [0.1, 0.15) is 0 Å². The van der Waals surface area contributed by atoms with Crippen LogP contribution in [0.2, 0.25) is 0 Å². The number of rotatable bonds is 0. The fraction of sp³-hybridized carbons (Fsp3) is 0. The monoisotopic (exact) mass is 419 g/mol. The van der Waals surface area contributed by atoms with Crippen LogP contribution in [0, 0.1) is 0 Å². The Hall–Kier alpha value is 2.62. The average Bonchev–Trinajstić information content (AvgIpc) is 0. The topological polar surface area (TPSA) is 0 Å². The van der Waals surface area contributed by atoms with E-state index in [1.165, 1.54) is 0 Å². The van der Waals surface area contributed by atoms with Gasteiger partial charge in [0.25, 0.3) is 0 Å². The van der Waals surface area contributed by atoms with Gasteiger partial charge in [-0.1, -0.05) is 0 Å². The van der Waals surface area contributed by atoms with Crippen molar-refractivity contribution in [2.75, 3.05) is 0 Å². The van der Waals surface area contributed by atoms with Crippen molar-refractivity contribution in [3.8, 4) is 0 Å². The van der Waals surface area contributed by atoms with Crippen LogP contribution in [0.4, 0.5) is 0 Å². The van der Waals surface area contributed by atoms with Gasteiger partial charge in [-0.15, -0.1) is 0 Å². The summed E-state index contributed by atoms with van der Waals surface area (Å²) < 4.78 is 0. The fourth-order valence-electron chi connectivity index (χ4n) is 0. The third-order valence-corrected chi connectivity index (χ3v) is 0. The van der Waals surface area contributed by atoms with E-state index in [1.54, 1.807) is 0 Å². The summed E-state index contributed by atoms with van der Waals surface area (Å²) in [5.74, 6) is 0. The van der Waals surface area contributed by atoms with E-state index < -0.39 is 0 Å². The van der Waals surface area contributed by atoms with Gasteiger partial charge >= 0.3 is 26.2 Å². The molecule has 0 rings (SSSR count). The molecule has 0 N–H and O–H groups in total. The van der Waals surface area contributed by atoms with Gasteiger partial charge in [0.2, 0.25) is 0 Å². The molecule has 0 amide bonds. The van der Waals surface area contributed by atoms with Gasteiger partial charge in [-0.25, -0.2) is 0 Å². The van der Waals surface area contributed by atoms with E-state index in [2.05, 4.69) is 0 Å². The number of halogens is 6. The molecule has 0 heterocycles. The van der Waals surface area contributed by atoms with Crippen molar-refractivity contribution in [1.29, 1.82) is 0 Å². The third kappa shape index (κ3) is 55.0. The quantitative estimate of drug-likeness (QED) is 0.341. The summed E-state index contributed by atoms with van der Waals surface area (Å²) in [4.78, 5) is 0. The van der Waals surface area contributed by atoms with E-state index in [4.69, 9.17) is 0 Å². The van der Waals surface area contributed by atoms with Gasteiger partial charge in [0.15, 0.2) is 0 Å². The molecule has 7 heavy (non-hydrogen) atoms. The molecular formula is BiCl6-3. The van der Waals surface area contributed by atoms with Crippen LogP contribution in [-0.4, -0.2) is 26.2 Å². The van der Waals surface area contributed by atoms with Crippen LogP contribution in [-0.2, 0) is 0 Å². The Morgan fingerprint density at radius 3 is 0.286 bits per heavy atom. The molecular weight excluding hydrogens is 422 g/mol. The molecule has 0 aromatic rings. The molecule has 0 atom stereocenters. The van der Waals surface area contributed by atoms with Crippen LogP contribution < -0.4 is 74.4 Å². The van der Waals surface area contributed by atoms with E-state index in [0.29, 0.717) is 0 Å². The summed E-state index contributed by atoms with van der Waals surface area (Å²) in [6, 6.07) is 0. The van der Waals surface area contributed by atoms with E-state index >= 15 is 0 Å². The molecule has 0 aliphatic rings. The maximum absolute atomic E-state index is 0. The molecule has 50 valence electrons. The van der Waals surface area contributed by atoms with E-state index in [1.807, 2.05) is 0 Å². The number of hydrogen-bond acceptors (Lipinski definition) is 0. The van der Waals surface area contributed by atoms with Gasteiger partial charge in [-0.05, 0) is 0 Å². The van der Waals surface area contributed by atoms with Gasteiger partial charge < -0.3 is 74.4 Å². The average molecular weight is 422 g/mol. The standard InChI is InChI=1S/Bi.6ClH/h;6*1H/q+3;;;;;;/p-6. The molecule has 0 spiro atoms. The molecule has 0 saturated carbocycles. The first-order valence-corrected chi connectivity index (χ1v) is 0. The molecule has 0 unspecified atom stereocenters. The van der Waals surface area contributed by atoms with Gasteiger partial charge in [-0.2, -0.15) is 0 Å². The summed E-state index contributed by atoms with van der Waals surface area (Å²) in [7, 11) is 0. The molecule has 7 heteroatoms. The summed E-state index contributed by atoms with van der Waals surface area (Å²) in [5, 5.41) is 0. The third-order valence-electron chi connectivity index (χ3n) is 0. The Balaban J connectivity index is 0. The first kappa shape index (κ1) is 104. The van der Waals surface area contributed by atoms with E-state index in [-0.39, 0.29) is 101 Å². The summed E-state index contributed by atoms with van der Waals surface area (Å²) in [5.41, 5.74) is 0. The molecule has 0 aromatic carbocycles. The van der Waals surface area contributed by atoms with Crippen LogP contribution in [0.15, 0.2) is 0 Å². The Bertz CT molecular complexity index is 4.14. The second kappa shape index (κ2) is 72.8. The van der Waals surface area contributed by atoms with Crippen molar-refractivity contribution >= 4 is 26.2 Å². The minimum atomic E-state index is 0. The second-order valence-corrected chi connectivity index (χ2v) is 0. The zero-order valence-corrected chi connectivity index (χ0v) is 10.7. The number of hydrogen-bond donors (Lipinski definition) is 0. The largest absolute Gasteiger partial charge is 3.00 e. The van der Waals surface area contributed by atoms with Gasteiger partial charge in [0, 0.05) is 0 Å². The summed E-state index contributed by atoms with van der Waals surface area (Å²) in [6.45, 7) is 0. The zero-order chi connectivity index (χ0) is 0. The Morgan fingerprint density at radius 1 is 0.286 bits per heavy atom. The molecule has 0 nitrogen and oxygen atoms in total. The molecule has 0 fully saturated rings. The van der Waals surface area contributed by atoms with Crippen molar-refractivity contribution in [3.63, 3.8) is 0 Å². The minimum absolute atomic E-state index is 0. The van der Waals surface area contributed by atoms with E-state index in [0.717, 1.165) is 0 Å². The van der Waals surface area contributed by atoms with E-state index in [9.17, 15) is 0 Å². The minimum Gasteiger partial charge on any atom is -1.00 e. The Morgan fingerprint density at radius 2 is 0.286 bits per heavy atom. The van der Waals surface area contributed by atoms with Crippen molar-refractivity contribution < 1.29 is 74.4 Å². The smallest absolute Gasteiger partial charge is 1.00 e. The van der Waals surface area contributed by atoms with Crippen LogP contribution in [0.25, 0.3) is 0 Å². The predicted octanol–water partition coefficient (Wildman–Crippen LogP) is -18.4. The molecule has 0 saturated heterocycles. The van der Waals surface area contributed by atoms with Crippen molar-refractivity contribution in [3.05, 3.63) is 0 Å². The molecule has 2 radical (unpaired) electrons. The maximum Gasteiger partial charge on any atom is 3.00 e. The zero-order valence-electron chi connectivity index (χ0n) is 2.72. The first-order valence-electron chi connectivity index (χ1n) is 0. The first-order chi connectivity index (χ1) is 0.